The van der Waals surface area contributed by atoms with Gasteiger partial charge in [-0.15, -0.1) is 12.3 Å². The summed E-state index contributed by atoms with van der Waals surface area (Å²) in [5, 5.41) is 12.2. The van der Waals surface area contributed by atoms with Gasteiger partial charge in [-0.25, -0.2) is 9.59 Å². The molecule has 7 nitrogen and oxygen atoms in total. The number of fused-ring (bicyclic) bond motifs is 4. The van der Waals surface area contributed by atoms with Gasteiger partial charge >= 0.3 is 12.1 Å². The lowest BCUT2D eigenvalue weighted by Crippen LogP contribution is -2.58. The van der Waals surface area contributed by atoms with Crippen molar-refractivity contribution in [1.82, 2.24) is 10.2 Å². The number of hydrogen-bond acceptors (Lipinski definition) is 4. The van der Waals surface area contributed by atoms with Crippen molar-refractivity contribution < 1.29 is 24.2 Å². The van der Waals surface area contributed by atoms with Crippen molar-refractivity contribution in [3.63, 3.8) is 0 Å². The molecule has 2 heterocycles. The van der Waals surface area contributed by atoms with E-state index in [0.717, 1.165) is 22.3 Å². The van der Waals surface area contributed by atoms with E-state index in [1.54, 1.807) is 0 Å². The van der Waals surface area contributed by atoms with Crippen LogP contribution in [-0.2, 0) is 14.3 Å². The molecule has 6 rings (SSSR count). The number of carboxylic acids is 1. The Hall–Kier alpha value is -3.79. The van der Waals surface area contributed by atoms with Gasteiger partial charge in [0.05, 0.1) is 0 Å². The fraction of sp³-hybridized carbons (Fsp3) is 0.346. The van der Waals surface area contributed by atoms with Gasteiger partial charge in [0.2, 0.25) is 5.91 Å². The second kappa shape index (κ2) is 7.96. The van der Waals surface area contributed by atoms with Gasteiger partial charge in [-0.1, -0.05) is 48.5 Å². The molecular weight excluding hydrogens is 420 g/mol. The van der Waals surface area contributed by atoms with Gasteiger partial charge in [0.25, 0.3) is 0 Å². The molecule has 0 radical (unpaired) electrons. The van der Waals surface area contributed by atoms with Crippen molar-refractivity contribution >= 4 is 18.0 Å². The molecule has 4 aliphatic rings. The van der Waals surface area contributed by atoms with Crippen molar-refractivity contribution in [2.24, 2.45) is 5.92 Å². The van der Waals surface area contributed by atoms with Gasteiger partial charge in [0.1, 0.15) is 18.2 Å². The van der Waals surface area contributed by atoms with Crippen molar-refractivity contribution in [2.75, 3.05) is 13.2 Å². The van der Waals surface area contributed by atoms with Crippen LogP contribution in [0.15, 0.2) is 48.5 Å². The Morgan fingerprint density at radius 2 is 1.73 bits per heavy atom. The molecule has 3 fully saturated rings. The molecular formula is C26H24N2O5. The number of hydrogen-bond donors (Lipinski definition) is 2. The maximum atomic E-state index is 13.1. The first-order valence-electron chi connectivity index (χ1n) is 11.0. The molecule has 1 atom stereocenters. The molecule has 0 aromatic heterocycles. The molecule has 33 heavy (non-hydrogen) atoms. The number of benzene rings is 2. The summed E-state index contributed by atoms with van der Waals surface area (Å²) >= 11 is 0. The van der Waals surface area contributed by atoms with Crippen LogP contribution in [0.4, 0.5) is 4.79 Å². The van der Waals surface area contributed by atoms with Crippen molar-refractivity contribution in [2.45, 2.75) is 36.8 Å². The second-order valence-corrected chi connectivity index (χ2v) is 8.99. The van der Waals surface area contributed by atoms with Gasteiger partial charge in [0.15, 0.2) is 0 Å². The summed E-state index contributed by atoms with van der Waals surface area (Å²) in [4.78, 5) is 38.9. The summed E-state index contributed by atoms with van der Waals surface area (Å²) in [5.74, 6) is 1.01. The van der Waals surface area contributed by atoms with E-state index in [-0.39, 0.29) is 24.9 Å². The number of ether oxygens (including phenoxy) is 1. The monoisotopic (exact) mass is 444 g/mol. The van der Waals surface area contributed by atoms with E-state index in [2.05, 4.69) is 23.4 Å². The smallest absolute Gasteiger partial charge is 0.407 e. The van der Waals surface area contributed by atoms with Crippen LogP contribution in [0.5, 0.6) is 0 Å². The Morgan fingerprint density at radius 1 is 1.12 bits per heavy atom. The molecule has 2 bridgehead atoms. The summed E-state index contributed by atoms with van der Waals surface area (Å²) < 4.78 is 5.53. The number of alkyl carbamates (subject to hydrolysis) is 1. The van der Waals surface area contributed by atoms with Crippen LogP contribution in [-0.4, -0.2) is 52.7 Å². The molecule has 2 aliphatic carbocycles. The highest BCUT2D eigenvalue weighted by Gasteiger charge is 2.63. The number of carboxylic acid groups (broad SMARTS) is 1. The topological polar surface area (TPSA) is 95.9 Å². The zero-order valence-electron chi connectivity index (χ0n) is 18.0. The number of rotatable bonds is 6. The standard InChI is InChI=1S/C26H24N2O5/c1-2-7-22(23(29)28-14-16-12-26(28,13-16)24(30)31)27-25(32)33-15-21-19-10-5-3-8-17(19)18-9-4-6-11-20(18)21/h1,3-6,8-11,16,21-22H,7,12-15H2,(H,27,32)(H,30,31). The number of carbonyl (C=O) groups is 3. The first-order chi connectivity index (χ1) is 15.9. The van der Waals surface area contributed by atoms with Crippen LogP contribution >= 0.6 is 0 Å². The number of aliphatic carboxylic acids is 1. The predicted octanol–water partition coefficient (Wildman–Crippen LogP) is 2.99. The lowest BCUT2D eigenvalue weighted by molar-refractivity contribution is -0.159. The Bertz CT molecular complexity index is 1130. The quantitative estimate of drug-likeness (QED) is 0.668. The Kier molecular flexibility index (Phi) is 5.09. The molecule has 2 saturated heterocycles. The first-order valence-corrected chi connectivity index (χ1v) is 11.0. The van der Waals surface area contributed by atoms with E-state index in [4.69, 9.17) is 11.2 Å². The number of terminal acetylenes is 1. The van der Waals surface area contributed by atoms with Crippen LogP contribution < -0.4 is 5.32 Å². The number of carbonyl (C=O) groups excluding carboxylic acids is 2. The minimum absolute atomic E-state index is 0.0418. The molecule has 1 unspecified atom stereocenters. The van der Waals surface area contributed by atoms with E-state index in [1.807, 2.05) is 36.4 Å². The SMILES string of the molecule is C#CCC(NC(=O)OCC1c2ccccc2-c2ccccc21)C(=O)N1CC2CC1(C(=O)O)C2. The van der Waals surface area contributed by atoms with E-state index in [0.29, 0.717) is 19.4 Å². The van der Waals surface area contributed by atoms with Crippen molar-refractivity contribution in [3.8, 4) is 23.5 Å². The van der Waals surface area contributed by atoms with Gasteiger partial charge in [-0.2, -0.15) is 0 Å². The summed E-state index contributed by atoms with van der Waals surface area (Å²) in [6.07, 6.45) is 5.53. The Morgan fingerprint density at radius 3 is 2.30 bits per heavy atom. The highest BCUT2D eigenvalue weighted by molar-refractivity contribution is 5.93. The normalized spacial score (nSPS) is 23.0. The molecule has 2 aromatic rings. The lowest BCUT2D eigenvalue weighted by atomic mass is 9.73. The fourth-order valence-corrected chi connectivity index (χ4v) is 5.56. The van der Waals surface area contributed by atoms with E-state index < -0.39 is 29.6 Å². The highest BCUT2D eigenvalue weighted by Crippen LogP contribution is 2.51. The molecule has 1 saturated carbocycles. The summed E-state index contributed by atoms with van der Waals surface area (Å²) in [7, 11) is 0. The molecule has 2 amide bonds. The summed E-state index contributed by atoms with van der Waals surface area (Å²) in [6, 6.07) is 15.0. The predicted molar refractivity (Wildman–Crippen MR) is 120 cm³/mol. The van der Waals surface area contributed by atoms with Crippen LogP contribution in [0.3, 0.4) is 0 Å². The summed E-state index contributed by atoms with van der Waals surface area (Å²) in [6.45, 7) is 0.486. The molecule has 7 heteroatoms. The van der Waals surface area contributed by atoms with Gasteiger partial charge < -0.3 is 20.1 Å². The zero-order chi connectivity index (χ0) is 23.2. The number of nitrogens with one attached hydrogen (secondary N) is 1. The van der Waals surface area contributed by atoms with Crippen molar-refractivity contribution in [3.05, 3.63) is 59.7 Å². The largest absolute Gasteiger partial charge is 0.479 e. The van der Waals surface area contributed by atoms with E-state index in [1.165, 1.54) is 4.90 Å². The first kappa shape index (κ1) is 21.1. The number of amides is 2. The second-order valence-electron chi connectivity index (χ2n) is 8.99. The van der Waals surface area contributed by atoms with Crippen LogP contribution in [0, 0.1) is 18.3 Å². The van der Waals surface area contributed by atoms with Gasteiger partial charge in [0, 0.05) is 18.9 Å². The highest BCUT2D eigenvalue weighted by atomic mass is 16.5. The molecule has 2 aliphatic heterocycles. The minimum atomic E-state index is -1.17. The zero-order valence-corrected chi connectivity index (χ0v) is 18.0. The third kappa shape index (κ3) is 3.34. The average Bonchev–Trinajstić information content (AvgIpc) is 3.45. The lowest BCUT2D eigenvalue weighted by Gasteiger charge is -2.38. The third-order valence-electron chi connectivity index (χ3n) is 7.13. The van der Waals surface area contributed by atoms with Gasteiger partial charge in [-0.05, 0) is 41.0 Å². The van der Waals surface area contributed by atoms with E-state index >= 15 is 0 Å². The average molecular weight is 444 g/mol. The molecule has 2 N–H and O–H groups in total. The van der Waals surface area contributed by atoms with Crippen LogP contribution in [0.1, 0.15) is 36.3 Å². The summed E-state index contributed by atoms with van der Waals surface area (Å²) in [5.41, 5.74) is 3.24. The third-order valence-corrected chi connectivity index (χ3v) is 7.13. The fourth-order valence-electron chi connectivity index (χ4n) is 5.56. The molecule has 2 aromatic carbocycles. The van der Waals surface area contributed by atoms with Crippen LogP contribution in [0.25, 0.3) is 11.1 Å². The molecule has 0 spiro atoms. The maximum Gasteiger partial charge on any atom is 0.407 e. The van der Waals surface area contributed by atoms with Gasteiger partial charge in [-0.3, -0.25) is 4.79 Å². The maximum absolute atomic E-state index is 13.1. The van der Waals surface area contributed by atoms with Crippen LogP contribution in [0.2, 0.25) is 0 Å². The minimum Gasteiger partial charge on any atom is -0.479 e. The molecule has 168 valence electrons. The Labute approximate surface area is 191 Å². The number of nitrogens with zero attached hydrogens (tertiary/aromatic N) is 1. The van der Waals surface area contributed by atoms with E-state index in [9.17, 15) is 19.5 Å². The Balaban J connectivity index is 1.27. The van der Waals surface area contributed by atoms with Crippen molar-refractivity contribution in [1.29, 1.82) is 0 Å².